The number of aromatic nitrogens is 2. The monoisotopic (exact) mass is 526 g/mol. The number of halogens is 1. The van der Waals surface area contributed by atoms with Crippen LogP contribution in [0, 0.1) is 0 Å². The number of fused-ring (bicyclic) bond motifs is 1. The van der Waals surface area contributed by atoms with Crippen molar-refractivity contribution in [1.29, 1.82) is 0 Å². The number of imidazole rings is 1. The molecule has 0 saturated carbocycles. The number of carboxylic acid groups (broad SMARTS) is 2. The van der Waals surface area contributed by atoms with Crippen LogP contribution in [-0.4, -0.2) is 38.8 Å². The summed E-state index contributed by atoms with van der Waals surface area (Å²) in [5, 5.41) is 18.2. The third-order valence-electron chi connectivity index (χ3n) is 5.79. The number of rotatable bonds is 11. The highest BCUT2D eigenvalue weighted by atomic mass is 35.5. The van der Waals surface area contributed by atoms with Crippen molar-refractivity contribution in [1.82, 2.24) is 9.55 Å². The van der Waals surface area contributed by atoms with Gasteiger partial charge in [-0.05, 0) is 47.9 Å². The molecule has 0 atom stereocenters. The van der Waals surface area contributed by atoms with E-state index in [1.807, 2.05) is 29.8 Å². The highest BCUT2D eigenvalue weighted by molar-refractivity contribution is 5.87. The summed E-state index contributed by atoms with van der Waals surface area (Å²) in [5.41, 5.74) is 3.47. The van der Waals surface area contributed by atoms with E-state index in [2.05, 4.69) is 4.98 Å². The summed E-state index contributed by atoms with van der Waals surface area (Å²) in [6, 6.07) is 17.4. The second kappa shape index (κ2) is 12.1. The number of benzene rings is 3. The van der Waals surface area contributed by atoms with E-state index >= 15 is 0 Å². The van der Waals surface area contributed by atoms with Gasteiger partial charge in [-0.1, -0.05) is 18.2 Å². The van der Waals surface area contributed by atoms with Crippen molar-refractivity contribution in [2.45, 2.75) is 26.1 Å². The van der Waals surface area contributed by atoms with Gasteiger partial charge in [0, 0.05) is 25.6 Å². The molecule has 0 bridgehead atoms. The quantitative estimate of drug-likeness (QED) is 0.284. The first-order chi connectivity index (χ1) is 17.3. The normalized spacial score (nSPS) is 10.5. The van der Waals surface area contributed by atoms with E-state index in [0.29, 0.717) is 17.9 Å². The molecule has 3 aromatic carbocycles. The molecular weight excluding hydrogens is 500 g/mol. The lowest BCUT2D eigenvalue weighted by Gasteiger charge is -2.14. The molecule has 0 unspecified atom stereocenters. The van der Waals surface area contributed by atoms with Crippen molar-refractivity contribution < 1.29 is 34.0 Å². The van der Waals surface area contributed by atoms with E-state index in [1.165, 1.54) is 12.1 Å². The molecular formula is C27H27ClN2O7. The van der Waals surface area contributed by atoms with Crippen LogP contribution < -0.4 is 14.2 Å². The second-order valence-corrected chi connectivity index (χ2v) is 8.18. The van der Waals surface area contributed by atoms with Crippen LogP contribution in [0.1, 0.15) is 33.7 Å². The maximum absolute atomic E-state index is 11.1. The Morgan fingerprint density at radius 2 is 1.65 bits per heavy atom. The molecule has 10 heteroatoms. The molecule has 1 aromatic heterocycles. The van der Waals surface area contributed by atoms with Crippen LogP contribution in [0.4, 0.5) is 0 Å². The number of carboxylic acids is 2. The summed E-state index contributed by atoms with van der Waals surface area (Å²) in [6.07, 6.45) is 0.267. The third-order valence-corrected chi connectivity index (χ3v) is 5.79. The smallest absolute Gasteiger partial charge is 0.335 e. The summed E-state index contributed by atoms with van der Waals surface area (Å²) in [4.78, 5) is 26.8. The minimum Gasteiger partial charge on any atom is -0.497 e. The van der Waals surface area contributed by atoms with Gasteiger partial charge in [0.2, 0.25) is 0 Å². The van der Waals surface area contributed by atoms with Gasteiger partial charge < -0.3 is 29.0 Å². The Morgan fingerprint density at radius 1 is 0.919 bits per heavy atom. The molecule has 0 fully saturated rings. The molecule has 4 aromatic rings. The largest absolute Gasteiger partial charge is 0.497 e. The molecule has 37 heavy (non-hydrogen) atoms. The van der Waals surface area contributed by atoms with Gasteiger partial charge in [-0.25, -0.2) is 9.78 Å². The van der Waals surface area contributed by atoms with Gasteiger partial charge in [0.25, 0.3) is 0 Å². The molecule has 2 N–H and O–H groups in total. The number of aliphatic carboxylic acids is 1. The Kier molecular flexibility index (Phi) is 8.97. The van der Waals surface area contributed by atoms with Gasteiger partial charge in [0.1, 0.15) is 36.3 Å². The highest BCUT2D eigenvalue weighted by Crippen LogP contribution is 2.28. The van der Waals surface area contributed by atoms with Crippen LogP contribution in [0.5, 0.6) is 17.2 Å². The van der Waals surface area contributed by atoms with E-state index in [0.717, 1.165) is 33.7 Å². The fourth-order valence-corrected chi connectivity index (χ4v) is 3.74. The summed E-state index contributed by atoms with van der Waals surface area (Å²) >= 11 is 0. The number of hydrogen-bond acceptors (Lipinski definition) is 6. The predicted molar refractivity (Wildman–Crippen MR) is 139 cm³/mol. The zero-order chi connectivity index (χ0) is 25.7. The minimum atomic E-state index is -0.997. The lowest BCUT2D eigenvalue weighted by atomic mass is 10.1. The number of hydrogen-bond donors (Lipinski definition) is 2. The first-order valence-corrected chi connectivity index (χ1v) is 11.3. The zero-order valence-corrected chi connectivity index (χ0v) is 21.2. The lowest BCUT2D eigenvalue weighted by Crippen LogP contribution is -2.05. The fourth-order valence-electron chi connectivity index (χ4n) is 3.74. The topological polar surface area (TPSA) is 120 Å². The van der Waals surface area contributed by atoms with Gasteiger partial charge in [-0.2, -0.15) is 0 Å². The molecule has 4 rings (SSSR count). The van der Waals surface area contributed by atoms with Crippen molar-refractivity contribution in [2.24, 2.45) is 7.05 Å². The van der Waals surface area contributed by atoms with E-state index in [9.17, 15) is 9.59 Å². The molecule has 0 saturated heterocycles. The van der Waals surface area contributed by atoms with Crippen molar-refractivity contribution in [3.05, 3.63) is 83.2 Å². The van der Waals surface area contributed by atoms with Crippen molar-refractivity contribution in [3.63, 3.8) is 0 Å². The average molecular weight is 527 g/mol. The van der Waals surface area contributed by atoms with Crippen molar-refractivity contribution in [3.8, 4) is 17.2 Å². The first-order valence-electron chi connectivity index (χ1n) is 11.3. The van der Waals surface area contributed by atoms with Crippen LogP contribution >= 0.6 is 12.4 Å². The zero-order valence-electron chi connectivity index (χ0n) is 20.3. The number of carbonyl (C=O) groups is 2. The molecule has 1 heterocycles. The number of aromatic carboxylic acids is 1. The standard InChI is InChI=1S/C27H26N2O7.ClH/c1-29-23-13-20(34-2)10-11-22(23)28-25(29)16-35-21-9-7-18(8-12-26(30)31)24(14-21)36-15-17-3-5-19(6-4-17)27(32)33;/h3-7,9-11,13-14H,8,12,15-16H2,1-2H3,(H,30,31)(H,32,33);1H. The minimum absolute atomic E-state index is 0. The molecule has 0 spiro atoms. The van der Waals surface area contributed by atoms with Crippen LogP contribution in [0.2, 0.25) is 0 Å². The lowest BCUT2D eigenvalue weighted by molar-refractivity contribution is -0.136. The maximum Gasteiger partial charge on any atom is 0.335 e. The van der Waals surface area contributed by atoms with Gasteiger partial charge in [0.05, 0.1) is 23.7 Å². The highest BCUT2D eigenvalue weighted by Gasteiger charge is 2.12. The molecule has 0 amide bonds. The molecule has 9 nitrogen and oxygen atoms in total. The van der Waals surface area contributed by atoms with E-state index in [1.54, 1.807) is 37.4 Å². The number of aryl methyl sites for hydroxylation is 2. The van der Waals surface area contributed by atoms with Crippen LogP contribution in [0.3, 0.4) is 0 Å². The molecule has 0 aliphatic carbocycles. The van der Waals surface area contributed by atoms with Gasteiger partial charge >= 0.3 is 11.9 Å². The van der Waals surface area contributed by atoms with E-state index < -0.39 is 11.9 Å². The van der Waals surface area contributed by atoms with Crippen molar-refractivity contribution in [2.75, 3.05) is 7.11 Å². The number of methoxy groups -OCH3 is 1. The Morgan fingerprint density at radius 3 is 2.32 bits per heavy atom. The summed E-state index contributed by atoms with van der Waals surface area (Å²) in [6.45, 7) is 0.411. The van der Waals surface area contributed by atoms with Gasteiger partial charge in [-0.3, -0.25) is 4.79 Å². The van der Waals surface area contributed by atoms with Crippen LogP contribution in [-0.2, 0) is 31.5 Å². The summed E-state index contributed by atoms with van der Waals surface area (Å²) in [7, 11) is 3.53. The van der Waals surface area contributed by atoms with Gasteiger partial charge in [-0.15, -0.1) is 12.4 Å². The first kappa shape index (κ1) is 27.3. The molecule has 0 aliphatic rings. The Labute approximate surface area is 219 Å². The third kappa shape index (κ3) is 6.71. The fraction of sp³-hybridized carbons (Fsp3) is 0.222. The molecule has 194 valence electrons. The van der Waals surface area contributed by atoms with Gasteiger partial charge in [0.15, 0.2) is 0 Å². The predicted octanol–water partition coefficient (Wildman–Crippen LogP) is 4.88. The van der Waals surface area contributed by atoms with E-state index in [-0.39, 0.29) is 37.6 Å². The SMILES string of the molecule is COc1ccc2nc(COc3ccc(CCC(=O)O)c(OCc4ccc(C(=O)O)cc4)c3)n(C)c2c1.Cl. The number of ether oxygens (including phenoxy) is 3. The van der Waals surface area contributed by atoms with Crippen molar-refractivity contribution >= 4 is 35.4 Å². The van der Waals surface area contributed by atoms with Crippen LogP contribution in [0.25, 0.3) is 11.0 Å². The Balaban J connectivity index is 0.00000380. The second-order valence-electron chi connectivity index (χ2n) is 8.18. The summed E-state index contributed by atoms with van der Waals surface area (Å²) < 4.78 is 19.2. The molecule has 0 aliphatic heterocycles. The Bertz CT molecular complexity index is 1400. The van der Waals surface area contributed by atoms with E-state index in [4.69, 9.17) is 24.4 Å². The summed E-state index contributed by atoms with van der Waals surface area (Å²) in [5.74, 6) is 0.635. The van der Waals surface area contributed by atoms with Crippen LogP contribution in [0.15, 0.2) is 60.7 Å². The number of nitrogens with zero attached hydrogens (tertiary/aromatic N) is 2. The Hall–Kier alpha value is -4.24. The maximum atomic E-state index is 11.1. The average Bonchev–Trinajstić information content (AvgIpc) is 3.20. The molecule has 0 radical (unpaired) electrons.